The molecule has 0 radical (unpaired) electrons. The third kappa shape index (κ3) is 3.14. The van der Waals surface area contributed by atoms with E-state index in [4.69, 9.17) is 15.9 Å². The predicted molar refractivity (Wildman–Crippen MR) is 53.7 cm³/mol. The molecule has 0 spiro atoms. The number of hydrogen-bond donors (Lipinski definition) is 4. The molecule has 5 nitrogen and oxygen atoms in total. The Kier molecular flexibility index (Phi) is 3.51. The fourth-order valence-electron chi connectivity index (χ4n) is 1.21. The van der Waals surface area contributed by atoms with Gasteiger partial charge in [-0.2, -0.15) is 0 Å². The predicted octanol–water partition coefficient (Wildman–Crippen LogP) is 0.442. The molecule has 15 heavy (non-hydrogen) atoms. The number of benzene rings is 1. The fourth-order valence-corrected chi connectivity index (χ4v) is 1.21. The fraction of sp³-hybridized carbons (Fsp3) is 0.300. The zero-order valence-corrected chi connectivity index (χ0v) is 8.05. The molecule has 1 aromatic carbocycles. The van der Waals surface area contributed by atoms with Crippen LogP contribution in [0, 0.1) is 0 Å². The van der Waals surface area contributed by atoms with Gasteiger partial charge >= 0.3 is 5.97 Å². The Morgan fingerprint density at radius 2 is 2.07 bits per heavy atom. The number of nitrogens with two attached hydrogens (primary N) is 1. The molecule has 0 bridgehead atoms. The molecular weight excluding hydrogens is 198 g/mol. The van der Waals surface area contributed by atoms with E-state index in [2.05, 4.69) is 0 Å². The van der Waals surface area contributed by atoms with Gasteiger partial charge in [0.2, 0.25) is 0 Å². The number of carboxylic acids is 1. The summed E-state index contributed by atoms with van der Waals surface area (Å²) in [5.41, 5.74) is 5.80. The van der Waals surface area contributed by atoms with Gasteiger partial charge in [-0.05, 0) is 36.6 Å². The molecule has 1 aromatic rings. The van der Waals surface area contributed by atoms with Gasteiger partial charge in [0, 0.05) is 0 Å². The van der Waals surface area contributed by atoms with E-state index in [1.807, 2.05) is 0 Å². The molecule has 0 amide bonds. The van der Waals surface area contributed by atoms with Crippen molar-refractivity contribution in [2.45, 2.75) is 18.9 Å². The second-order valence-electron chi connectivity index (χ2n) is 3.30. The molecule has 5 heteroatoms. The lowest BCUT2D eigenvalue weighted by Gasteiger charge is -2.07. The van der Waals surface area contributed by atoms with Crippen molar-refractivity contribution in [3.05, 3.63) is 23.8 Å². The van der Waals surface area contributed by atoms with Crippen molar-refractivity contribution >= 4 is 5.97 Å². The summed E-state index contributed by atoms with van der Waals surface area (Å²) in [5, 5.41) is 27.1. The Bertz CT molecular complexity index is 364. The second-order valence-corrected chi connectivity index (χ2v) is 3.30. The maximum Gasteiger partial charge on any atom is 0.320 e. The van der Waals surface area contributed by atoms with E-state index in [0.717, 1.165) is 0 Å². The van der Waals surface area contributed by atoms with Crippen molar-refractivity contribution in [2.75, 3.05) is 0 Å². The summed E-state index contributed by atoms with van der Waals surface area (Å²) in [6.45, 7) is 0. The molecule has 0 unspecified atom stereocenters. The maximum absolute atomic E-state index is 10.4. The maximum atomic E-state index is 10.4. The molecule has 1 atom stereocenters. The van der Waals surface area contributed by atoms with Crippen LogP contribution in [-0.2, 0) is 11.2 Å². The number of carboxylic acid groups (broad SMARTS) is 1. The van der Waals surface area contributed by atoms with E-state index < -0.39 is 12.0 Å². The molecule has 0 aliphatic carbocycles. The molecule has 1 rings (SSSR count). The third-order valence-electron chi connectivity index (χ3n) is 2.10. The summed E-state index contributed by atoms with van der Waals surface area (Å²) in [7, 11) is 0. The Labute approximate surface area is 86.8 Å². The Hall–Kier alpha value is -1.75. The van der Waals surface area contributed by atoms with Crippen molar-refractivity contribution in [3.8, 4) is 11.5 Å². The van der Waals surface area contributed by atoms with Crippen molar-refractivity contribution in [1.29, 1.82) is 0 Å². The Morgan fingerprint density at radius 1 is 1.40 bits per heavy atom. The average Bonchev–Trinajstić information content (AvgIpc) is 2.18. The molecule has 0 heterocycles. The van der Waals surface area contributed by atoms with Crippen molar-refractivity contribution < 1.29 is 20.1 Å². The van der Waals surface area contributed by atoms with Crippen LogP contribution in [0.4, 0.5) is 0 Å². The van der Waals surface area contributed by atoms with Crippen LogP contribution < -0.4 is 5.73 Å². The topological polar surface area (TPSA) is 104 Å². The van der Waals surface area contributed by atoms with E-state index in [-0.39, 0.29) is 17.9 Å². The first-order valence-corrected chi connectivity index (χ1v) is 4.50. The van der Waals surface area contributed by atoms with E-state index in [0.29, 0.717) is 12.0 Å². The van der Waals surface area contributed by atoms with Crippen LogP contribution in [0.15, 0.2) is 18.2 Å². The number of hydrogen-bond acceptors (Lipinski definition) is 4. The van der Waals surface area contributed by atoms with Crippen molar-refractivity contribution in [2.24, 2.45) is 5.73 Å². The van der Waals surface area contributed by atoms with Gasteiger partial charge in [0.05, 0.1) is 0 Å². The summed E-state index contributed by atoms with van der Waals surface area (Å²) in [4.78, 5) is 10.4. The summed E-state index contributed by atoms with van der Waals surface area (Å²) in [6, 6.07) is 3.16. The second kappa shape index (κ2) is 4.65. The third-order valence-corrected chi connectivity index (χ3v) is 2.10. The van der Waals surface area contributed by atoms with Gasteiger partial charge in [-0.15, -0.1) is 0 Å². The molecule has 82 valence electrons. The highest BCUT2D eigenvalue weighted by atomic mass is 16.4. The van der Waals surface area contributed by atoms with E-state index in [9.17, 15) is 9.90 Å². The number of aryl methyl sites for hydroxylation is 1. The number of carbonyl (C=O) groups is 1. The van der Waals surface area contributed by atoms with Crippen molar-refractivity contribution in [1.82, 2.24) is 0 Å². The van der Waals surface area contributed by atoms with E-state index >= 15 is 0 Å². The largest absolute Gasteiger partial charge is 0.508 e. The minimum atomic E-state index is -1.07. The lowest BCUT2D eigenvalue weighted by molar-refractivity contribution is -0.138. The van der Waals surface area contributed by atoms with Gasteiger partial charge in [0.15, 0.2) is 0 Å². The van der Waals surface area contributed by atoms with Gasteiger partial charge in [-0.1, -0.05) is 0 Å². The number of phenolic OH excluding ortho intramolecular Hbond substituents is 2. The number of aromatic hydroxyl groups is 2. The lowest BCUT2D eigenvalue weighted by atomic mass is 10.0. The molecule has 0 saturated carbocycles. The highest BCUT2D eigenvalue weighted by Crippen LogP contribution is 2.23. The minimum Gasteiger partial charge on any atom is -0.508 e. The van der Waals surface area contributed by atoms with Crippen LogP contribution in [-0.4, -0.2) is 27.3 Å². The molecule has 5 N–H and O–H groups in total. The SMILES string of the molecule is N[C@H](CCc1cc(O)ccc1O)C(=O)O. The lowest BCUT2D eigenvalue weighted by Crippen LogP contribution is -2.30. The molecule has 0 fully saturated rings. The van der Waals surface area contributed by atoms with Gasteiger partial charge in [-0.3, -0.25) is 4.79 Å². The zero-order valence-electron chi connectivity index (χ0n) is 8.05. The van der Waals surface area contributed by atoms with Crippen LogP contribution >= 0.6 is 0 Å². The van der Waals surface area contributed by atoms with Crippen LogP contribution in [0.25, 0.3) is 0 Å². The Balaban J connectivity index is 2.65. The van der Waals surface area contributed by atoms with Gasteiger partial charge in [0.1, 0.15) is 17.5 Å². The molecule has 0 aromatic heterocycles. The summed E-state index contributed by atoms with van der Waals surface area (Å²) in [6.07, 6.45) is 0.528. The summed E-state index contributed by atoms with van der Waals surface area (Å²) >= 11 is 0. The standard InChI is InChI=1S/C10H13NO4/c11-8(10(14)15)3-1-6-5-7(12)2-4-9(6)13/h2,4-5,8,12-13H,1,3,11H2,(H,14,15)/t8-/m1/s1. The highest BCUT2D eigenvalue weighted by Gasteiger charge is 2.12. The van der Waals surface area contributed by atoms with Gasteiger partial charge < -0.3 is 21.1 Å². The zero-order chi connectivity index (χ0) is 11.4. The van der Waals surface area contributed by atoms with E-state index in [1.165, 1.54) is 18.2 Å². The number of aliphatic carboxylic acids is 1. The summed E-state index contributed by atoms with van der Waals surface area (Å²) < 4.78 is 0. The Morgan fingerprint density at radius 3 is 2.67 bits per heavy atom. The van der Waals surface area contributed by atoms with Crippen LogP contribution in [0.3, 0.4) is 0 Å². The normalized spacial score (nSPS) is 12.3. The van der Waals surface area contributed by atoms with Crippen LogP contribution in [0.5, 0.6) is 11.5 Å². The highest BCUT2D eigenvalue weighted by molar-refractivity contribution is 5.73. The van der Waals surface area contributed by atoms with Crippen LogP contribution in [0.1, 0.15) is 12.0 Å². The first-order valence-electron chi connectivity index (χ1n) is 4.50. The molecule has 0 saturated heterocycles. The first kappa shape index (κ1) is 11.3. The molecule has 0 aliphatic rings. The summed E-state index contributed by atoms with van der Waals surface area (Å²) in [5.74, 6) is -1.01. The quantitative estimate of drug-likeness (QED) is 0.541. The number of rotatable bonds is 4. The molecule has 0 aliphatic heterocycles. The van der Waals surface area contributed by atoms with Crippen LogP contribution in [0.2, 0.25) is 0 Å². The van der Waals surface area contributed by atoms with Gasteiger partial charge in [-0.25, -0.2) is 0 Å². The number of phenols is 2. The smallest absolute Gasteiger partial charge is 0.320 e. The van der Waals surface area contributed by atoms with E-state index in [1.54, 1.807) is 0 Å². The monoisotopic (exact) mass is 211 g/mol. The average molecular weight is 211 g/mol. The molecular formula is C10H13NO4. The van der Waals surface area contributed by atoms with Crippen molar-refractivity contribution in [3.63, 3.8) is 0 Å². The van der Waals surface area contributed by atoms with Gasteiger partial charge in [0.25, 0.3) is 0 Å². The minimum absolute atomic E-state index is 0.0328. The first-order chi connectivity index (χ1) is 7.00.